The van der Waals surface area contributed by atoms with E-state index < -0.39 is 5.57 Å². The molecule has 0 amide bonds. The molecule has 70 valence electrons. The molecule has 0 aromatic carbocycles. The lowest BCUT2D eigenvalue weighted by atomic mass is 10.9. The lowest BCUT2D eigenvalue weighted by molar-refractivity contribution is 1.23. The summed E-state index contributed by atoms with van der Waals surface area (Å²) in [6, 6.07) is 4.34. The molecule has 0 radical (unpaired) electrons. The summed E-state index contributed by atoms with van der Waals surface area (Å²) in [6.07, 6.45) is 1.69. The van der Waals surface area contributed by atoms with E-state index in [0.29, 0.717) is 0 Å². The molecule has 0 rings (SSSR count). The molecule has 0 aliphatic heterocycles. The monoisotopic (exact) mass is 528 g/mol. The van der Waals surface area contributed by atoms with Gasteiger partial charge in [-0.2, -0.15) is 0 Å². The summed E-state index contributed by atoms with van der Waals surface area (Å²) in [6.45, 7) is 6.98. The quantitative estimate of drug-likeness (QED) is 0.252. The van der Waals surface area contributed by atoms with Crippen molar-refractivity contribution < 1.29 is 0 Å². The standard InChI is InChI=1S/C6H15ISi.I2S/c1-4-8(7,5-2)6-3;1-3-2/h4-6H2,1-3H3;. The van der Waals surface area contributed by atoms with Gasteiger partial charge in [0.1, 0.15) is 5.57 Å². The van der Waals surface area contributed by atoms with E-state index in [-0.39, 0.29) is 0 Å². The van der Waals surface area contributed by atoms with E-state index in [1.807, 2.05) is 0 Å². The van der Waals surface area contributed by atoms with Crippen LogP contribution < -0.4 is 0 Å². The molecule has 0 bridgehead atoms. The number of halogens is 3. The first-order valence-electron chi connectivity index (χ1n) is 3.68. The normalized spacial score (nSPS) is 10.4. The molecule has 0 aliphatic rings. The molecule has 0 unspecified atom stereocenters. The van der Waals surface area contributed by atoms with Gasteiger partial charge in [-0.05, 0) is 6.10 Å². The summed E-state index contributed by atoms with van der Waals surface area (Å²) in [7, 11) is 0. The van der Waals surface area contributed by atoms with Crippen LogP contribution in [0.1, 0.15) is 20.8 Å². The van der Waals surface area contributed by atoms with Crippen LogP contribution in [0.15, 0.2) is 0 Å². The van der Waals surface area contributed by atoms with Gasteiger partial charge in [-0.25, -0.2) is 0 Å². The molecule has 0 saturated heterocycles. The zero-order valence-corrected chi connectivity index (χ0v) is 15.5. The fourth-order valence-corrected chi connectivity index (χ4v) is 2.25. The van der Waals surface area contributed by atoms with Gasteiger partial charge in [0.15, 0.2) is 0 Å². The van der Waals surface area contributed by atoms with Crippen molar-refractivity contribution in [2.24, 2.45) is 0 Å². The Morgan fingerprint density at radius 1 is 1.00 bits per heavy atom. The van der Waals surface area contributed by atoms with Crippen LogP contribution in [0.3, 0.4) is 0 Å². The Labute approximate surface area is 113 Å². The SMILES string of the molecule is CC[Si](I)(CC)CC.ISI. The molecule has 0 aromatic heterocycles. The highest BCUT2D eigenvalue weighted by atomic mass is 127. The third-order valence-corrected chi connectivity index (χ3v) is 12.6. The van der Waals surface area contributed by atoms with E-state index >= 15 is 0 Å². The van der Waals surface area contributed by atoms with E-state index in [4.69, 9.17) is 0 Å². The summed E-state index contributed by atoms with van der Waals surface area (Å²) >= 11 is 7.09. The molecule has 0 heterocycles. The second kappa shape index (κ2) is 10.8. The van der Waals surface area contributed by atoms with Crippen molar-refractivity contribution in [3.05, 3.63) is 0 Å². The lowest BCUT2D eigenvalue weighted by Crippen LogP contribution is -2.21. The van der Waals surface area contributed by atoms with E-state index in [1.54, 1.807) is 6.10 Å². The molecule has 0 nitrogen and oxygen atoms in total. The number of hydrogen-bond acceptors (Lipinski definition) is 1. The molecule has 0 aromatic rings. The van der Waals surface area contributed by atoms with Crippen molar-refractivity contribution in [2.75, 3.05) is 0 Å². The predicted molar refractivity (Wildman–Crippen MR) is 86.8 cm³/mol. The molecule has 0 fully saturated rings. The zero-order chi connectivity index (χ0) is 9.33. The van der Waals surface area contributed by atoms with Crippen LogP contribution in [0.25, 0.3) is 0 Å². The van der Waals surface area contributed by atoms with E-state index in [0.717, 1.165) is 0 Å². The van der Waals surface area contributed by atoms with Gasteiger partial charge >= 0.3 is 0 Å². The molecular weight excluding hydrogens is 513 g/mol. The van der Waals surface area contributed by atoms with Crippen LogP contribution in [0, 0.1) is 0 Å². The van der Waals surface area contributed by atoms with Crippen molar-refractivity contribution in [2.45, 2.75) is 38.9 Å². The maximum atomic E-state index is 2.71. The summed E-state index contributed by atoms with van der Waals surface area (Å²) in [4.78, 5) is 0. The molecule has 0 N–H and O–H groups in total. The first kappa shape index (κ1) is 16.2. The van der Waals surface area contributed by atoms with Crippen molar-refractivity contribution in [1.82, 2.24) is 0 Å². The van der Waals surface area contributed by atoms with Crippen LogP contribution in [0.5, 0.6) is 0 Å². The summed E-state index contributed by atoms with van der Waals surface area (Å²) in [5.74, 6) is 0. The first-order chi connectivity index (χ1) is 5.10. The highest BCUT2D eigenvalue weighted by molar-refractivity contribution is 14.3. The lowest BCUT2D eigenvalue weighted by Gasteiger charge is -2.18. The smallest absolute Gasteiger partial charge is 0.119 e. The number of hydrogen-bond donors (Lipinski definition) is 0. The Morgan fingerprint density at radius 2 is 1.18 bits per heavy atom. The molecule has 0 atom stereocenters. The Kier molecular flexibility index (Phi) is 16.0. The minimum atomic E-state index is -0.701. The van der Waals surface area contributed by atoms with Crippen molar-refractivity contribution in [1.29, 1.82) is 0 Å². The van der Waals surface area contributed by atoms with Crippen molar-refractivity contribution in [3.8, 4) is 0 Å². The van der Waals surface area contributed by atoms with Crippen molar-refractivity contribution in [3.63, 3.8) is 0 Å². The van der Waals surface area contributed by atoms with Crippen LogP contribution in [0.2, 0.25) is 18.1 Å². The maximum Gasteiger partial charge on any atom is 0.124 e. The third-order valence-electron chi connectivity index (χ3n) is 1.90. The maximum absolute atomic E-state index is 2.71. The second-order valence-corrected chi connectivity index (χ2v) is 21.4. The third kappa shape index (κ3) is 10.7. The van der Waals surface area contributed by atoms with Gasteiger partial charge in [0.25, 0.3) is 0 Å². The Morgan fingerprint density at radius 3 is 1.18 bits per heavy atom. The van der Waals surface area contributed by atoms with Crippen molar-refractivity contribution >= 4 is 75.9 Å². The zero-order valence-electron chi connectivity index (χ0n) is 7.16. The molecule has 0 spiro atoms. The Hall–Kier alpha value is 2.76. The van der Waals surface area contributed by atoms with Crippen LogP contribution >= 0.6 is 70.3 Å². The molecule has 11 heavy (non-hydrogen) atoms. The summed E-state index contributed by atoms with van der Waals surface area (Å²) in [5, 5.41) is 0. The van der Waals surface area contributed by atoms with Gasteiger partial charge < -0.3 is 0 Å². The Balaban J connectivity index is 0. The summed E-state index contributed by atoms with van der Waals surface area (Å²) in [5.41, 5.74) is -0.701. The molecule has 0 saturated carbocycles. The average Bonchev–Trinajstić information content (AvgIpc) is 2.05. The average molecular weight is 528 g/mol. The van der Waals surface area contributed by atoms with Gasteiger partial charge in [-0.3, -0.25) is 0 Å². The van der Waals surface area contributed by atoms with Crippen LogP contribution in [-0.4, -0.2) is 5.57 Å². The second-order valence-electron chi connectivity index (χ2n) is 2.27. The van der Waals surface area contributed by atoms with Gasteiger partial charge in [-0.1, -0.05) is 38.9 Å². The molecule has 0 aliphatic carbocycles. The van der Waals surface area contributed by atoms with Gasteiger partial charge in [0.05, 0.1) is 0 Å². The van der Waals surface area contributed by atoms with Crippen LogP contribution in [0.4, 0.5) is 0 Å². The largest absolute Gasteiger partial charge is 0.124 e. The topological polar surface area (TPSA) is 0 Å². The Bertz CT molecular complexity index is 70.0. The minimum Gasteiger partial charge on any atom is -0.119 e. The minimum absolute atomic E-state index is 0.701. The van der Waals surface area contributed by atoms with E-state index in [1.165, 1.54) is 18.1 Å². The van der Waals surface area contributed by atoms with Gasteiger partial charge in [0.2, 0.25) is 0 Å². The number of rotatable bonds is 3. The highest BCUT2D eigenvalue weighted by Gasteiger charge is 2.21. The highest BCUT2D eigenvalue weighted by Crippen LogP contribution is 2.26. The van der Waals surface area contributed by atoms with Crippen LogP contribution in [-0.2, 0) is 0 Å². The fraction of sp³-hybridized carbons (Fsp3) is 1.00. The van der Waals surface area contributed by atoms with E-state index in [2.05, 4.69) is 85.0 Å². The molecular formula is C6H15I3SSi. The van der Waals surface area contributed by atoms with E-state index in [9.17, 15) is 0 Å². The van der Waals surface area contributed by atoms with Gasteiger partial charge in [0, 0.05) is 42.4 Å². The first-order valence-corrected chi connectivity index (χ1v) is 15.3. The van der Waals surface area contributed by atoms with Gasteiger partial charge in [-0.15, -0.1) is 21.8 Å². The fourth-order valence-electron chi connectivity index (χ4n) is 0.750. The predicted octanol–water partition coefficient (Wildman–Crippen LogP) is 5.85. The molecule has 5 heteroatoms. The summed E-state index contributed by atoms with van der Waals surface area (Å²) < 4.78 is 0.